The molecule has 0 bridgehead atoms. The van der Waals surface area contributed by atoms with Crippen LogP contribution in [-0.4, -0.2) is 31.6 Å². The summed E-state index contributed by atoms with van der Waals surface area (Å²) < 4.78 is 14.4. The molecule has 6 nitrogen and oxygen atoms in total. The number of cyclic esters (lactones) is 1. The SMILES string of the molecule is CCCCCCCC/C=C\CCCCCCCC(=O)OC1=C(C(=O)OC)C(=O)OC1. The first-order valence-electron chi connectivity index (χ1n) is 11.4. The summed E-state index contributed by atoms with van der Waals surface area (Å²) >= 11 is 0. The van der Waals surface area contributed by atoms with Crippen molar-refractivity contribution >= 4 is 17.9 Å². The van der Waals surface area contributed by atoms with E-state index in [1.165, 1.54) is 51.4 Å². The summed E-state index contributed by atoms with van der Waals surface area (Å²) in [5, 5.41) is 0. The number of hydrogen-bond acceptors (Lipinski definition) is 6. The van der Waals surface area contributed by atoms with Gasteiger partial charge in [-0.3, -0.25) is 4.79 Å². The molecule has 1 aliphatic rings. The quantitative estimate of drug-likeness (QED) is 0.100. The van der Waals surface area contributed by atoms with Gasteiger partial charge in [0, 0.05) is 6.42 Å². The van der Waals surface area contributed by atoms with Gasteiger partial charge in [0.05, 0.1) is 7.11 Å². The molecule has 1 aliphatic heterocycles. The first kappa shape index (κ1) is 25.9. The molecule has 30 heavy (non-hydrogen) atoms. The van der Waals surface area contributed by atoms with E-state index in [2.05, 4.69) is 23.8 Å². The van der Waals surface area contributed by atoms with Crippen LogP contribution in [0.25, 0.3) is 0 Å². The van der Waals surface area contributed by atoms with Gasteiger partial charge < -0.3 is 14.2 Å². The average Bonchev–Trinajstić information content (AvgIpc) is 3.10. The van der Waals surface area contributed by atoms with E-state index in [0.29, 0.717) is 0 Å². The summed E-state index contributed by atoms with van der Waals surface area (Å²) in [7, 11) is 1.16. The average molecular weight is 423 g/mol. The molecule has 1 heterocycles. The van der Waals surface area contributed by atoms with Gasteiger partial charge in [-0.05, 0) is 32.1 Å². The van der Waals surface area contributed by atoms with Crippen LogP contribution in [-0.2, 0) is 28.6 Å². The lowest BCUT2D eigenvalue weighted by atomic mass is 10.1. The number of rotatable bonds is 17. The Morgan fingerprint density at radius 2 is 1.47 bits per heavy atom. The number of methoxy groups -OCH3 is 1. The second kappa shape index (κ2) is 16.7. The molecule has 0 atom stereocenters. The Hall–Kier alpha value is -2.11. The van der Waals surface area contributed by atoms with Crippen molar-refractivity contribution in [3.05, 3.63) is 23.5 Å². The fourth-order valence-corrected chi connectivity index (χ4v) is 3.30. The molecule has 6 heteroatoms. The van der Waals surface area contributed by atoms with Crippen LogP contribution in [0.2, 0.25) is 0 Å². The highest BCUT2D eigenvalue weighted by molar-refractivity contribution is 6.15. The summed E-state index contributed by atoms with van der Waals surface area (Å²) in [5.74, 6) is -2.17. The largest absolute Gasteiger partial charge is 0.465 e. The maximum Gasteiger partial charge on any atom is 0.349 e. The van der Waals surface area contributed by atoms with Crippen LogP contribution in [0.5, 0.6) is 0 Å². The number of unbranched alkanes of at least 4 members (excludes halogenated alkanes) is 11. The Morgan fingerprint density at radius 1 is 0.900 bits per heavy atom. The summed E-state index contributed by atoms with van der Waals surface area (Å²) in [6, 6.07) is 0. The van der Waals surface area contributed by atoms with Gasteiger partial charge in [-0.1, -0.05) is 70.4 Å². The number of carbonyl (C=O) groups excluding carboxylic acids is 3. The fraction of sp³-hybridized carbons (Fsp3) is 0.708. The van der Waals surface area contributed by atoms with Gasteiger partial charge in [0.2, 0.25) is 0 Å². The molecule has 0 aromatic carbocycles. The zero-order valence-electron chi connectivity index (χ0n) is 18.7. The maximum absolute atomic E-state index is 11.9. The van der Waals surface area contributed by atoms with Gasteiger partial charge in [0.15, 0.2) is 17.9 Å². The predicted octanol–water partition coefficient (Wildman–Crippen LogP) is 5.55. The Bertz CT molecular complexity index is 591. The Balaban J connectivity index is 2.01. The smallest absolute Gasteiger partial charge is 0.349 e. The van der Waals surface area contributed by atoms with Crippen LogP contribution >= 0.6 is 0 Å². The van der Waals surface area contributed by atoms with Crippen LogP contribution in [0, 0.1) is 0 Å². The third-order valence-corrected chi connectivity index (χ3v) is 5.09. The van der Waals surface area contributed by atoms with Crippen molar-refractivity contribution < 1.29 is 28.6 Å². The van der Waals surface area contributed by atoms with Crippen molar-refractivity contribution in [3.63, 3.8) is 0 Å². The standard InChI is InChI=1S/C24H38O6/c1-3-4-5-6-7-8-9-10-11-12-13-14-15-16-17-18-21(25)30-20-19-29-24(27)22(20)23(26)28-2/h10-11H,3-9,12-19H2,1-2H3/b11-10-. The van der Waals surface area contributed by atoms with Gasteiger partial charge in [0.25, 0.3) is 0 Å². The highest BCUT2D eigenvalue weighted by atomic mass is 16.6. The molecule has 170 valence electrons. The summed E-state index contributed by atoms with van der Waals surface area (Å²) in [5.41, 5.74) is -0.324. The number of hydrogen-bond donors (Lipinski definition) is 0. The molecular formula is C24H38O6. The van der Waals surface area contributed by atoms with Gasteiger partial charge in [-0.25, -0.2) is 9.59 Å². The van der Waals surface area contributed by atoms with E-state index in [1.807, 2.05) is 0 Å². The number of ether oxygens (including phenoxy) is 3. The third-order valence-electron chi connectivity index (χ3n) is 5.09. The van der Waals surface area contributed by atoms with Crippen LogP contribution in [0.3, 0.4) is 0 Å². The molecule has 0 saturated carbocycles. The summed E-state index contributed by atoms with van der Waals surface area (Å²) in [6.07, 6.45) is 20.3. The molecule has 0 fully saturated rings. The third kappa shape index (κ3) is 11.2. The van der Waals surface area contributed by atoms with Gasteiger partial charge in [-0.15, -0.1) is 0 Å². The monoisotopic (exact) mass is 422 g/mol. The van der Waals surface area contributed by atoms with E-state index < -0.39 is 17.9 Å². The van der Waals surface area contributed by atoms with Crippen LogP contribution < -0.4 is 0 Å². The molecule has 0 N–H and O–H groups in total. The van der Waals surface area contributed by atoms with E-state index in [-0.39, 0.29) is 24.4 Å². The number of allylic oxidation sites excluding steroid dienone is 2. The highest BCUT2D eigenvalue weighted by Crippen LogP contribution is 2.19. The van der Waals surface area contributed by atoms with Crippen molar-refractivity contribution in [2.75, 3.05) is 13.7 Å². The van der Waals surface area contributed by atoms with Crippen LogP contribution in [0.1, 0.15) is 96.8 Å². The Labute approximate surface area is 181 Å². The van der Waals surface area contributed by atoms with Gasteiger partial charge in [-0.2, -0.15) is 0 Å². The van der Waals surface area contributed by atoms with E-state index in [9.17, 15) is 14.4 Å². The zero-order chi connectivity index (χ0) is 22.0. The molecule has 0 amide bonds. The van der Waals surface area contributed by atoms with Gasteiger partial charge >= 0.3 is 17.9 Å². The molecule has 0 saturated heterocycles. The zero-order valence-corrected chi connectivity index (χ0v) is 18.7. The van der Waals surface area contributed by atoms with E-state index in [4.69, 9.17) is 9.47 Å². The van der Waals surface area contributed by atoms with Crippen LogP contribution in [0.4, 0.5) is 0 Å². The Kier molecular flexibility index (Phi) is 14.4. The molecule has 1 rings (SSSR count). The van der Waals surface area contributed by atoms with Gasteiger partial charge in [0.1, 0.15) is 0 Å². The topological polar surface area (TPSA) is 78.9 Å². The predicted molar refractivity (Wildman–Crippen MR) is 116 cm³/mol. The van der Waals surface area contributed by atoms with E-state index >= 15 is 0 Å². The van der Waals surface area contributed by atoms with Crippen molar-refractivity contribution in [2.24, 2.45) is 0 Å². The number of esters is 3. The molecule has 0 radical (unpaired) electrons. The minimum atomic E-state index is -0.846. The summed E-state index contributed by atoms with van der Waals surface area (Å²) in [4.78, 5) is 35.0. The molecule has 0 aromatic heterocycles. The molecular weight excluding hydrogens is 384 g/mol. The Morgan fingerprint density at radius 3 is 2.07 bits per heavy atom. The van der Waals surface area contributed by atoms with Crippen molar-refractivity contribution in [1.82, 2.24) is 0 Å². The van der Waals surface area contributed by atoms with E-state index in [0.717, 1.165) is 39.2 Å². The normalized spacial score (nSPS) is 13.7. The van der Waals surface area contributed by atoms with Crippen molar-refractivity contribution in [3.8, 4) is 0 Å². The first-order valence-corrected chi connectivity index (χ1v) is 11.4. The van der Waals surface area contributed by atoms with Crippen molar-refractivity contribution in [1.29, 1.82) is 0 Å². The molecule has 0 spiro atoms. The summed E-state index contributed by atoms with van der Waals surface area (Å²) in [6.45, 7) is 2.04. The lowest BCUT2D eigenvalue weighted by molar-refractivity contribution is -0.143. The molecule has 0 unspecified atom stereocenters. The van der Waals surface area contributed by atoms with E-state index in [1.54, 1.807) is 0 Å². The minimum absolute atomic E-state index is 0.0513. The lowest BCUT2D eigenvalue weighted by Crippen LogP contribution is -2.14. The van der Waals surface area contributed by atoms with Crippen molar-refractivity contribution in [2.45, 2.75) is 96.8 Å². The van der Waals surface area contributed by atoms with Crippen LogP contribution in [0.15, 0.2) is 23.5 Å². The maximum atomic E-state index is 11.9. The fourth-order valence-electron chi connectivity index (χ4n) is 3.30. The molecule has 0 aliphatic carbocycles. The number of carbonyl (C=O) groups is 3. The minimum Gasteiger partial charge on any atom is -0.465 e. The molecule has 0 aromatic rings. The second-order valence-corrected chi connectivity index (χ2v) is 7.67. The first-order chi connectivity index (χ1) is 14.6. The second-order valence-electron chi connectivity index (χ2n) is 7.67. The highest BCUT2D eigenvalue weighted by Gasteiger charge is 2.34. The lowest BCUT2D eigenvalue weighted by Gasteiger charge is -2.05.